The lowest BCUT2D eigenvalue weighted by atomic mass is 10.0. The molecule has 168 valence electrons. The van der Waals surface area contributed by atoms with E-state index in [1.165, 1.54) is 13.2 Å². The third-order valence-electron chi connectivity index (χ3n) is 5.20. The molecule has 0 bridgehead atoms. The molecule has 0 spiro atoms. The van der Waals surface area contributed by atoms with Crippen LogP contribution in [-0.2, 0) is 24.1 Å². The standard InChI is InChI=1S/C21H23F4N3O3/c1-31-18-4-2-14(10-17(18)22)11-27-8-6-16(7-9-27)26-19(29)13-28-12-15(21(23,24)25)3-5-20(28)30/h2-5,10,12,16H,6-9,11,13H2,1H3,(H,26,29). The lowest BCUT2D eigenvalue weighted by molar-refractivity contribution is -0.138. The van der Waals surface area contributed by atoms with E-state index in [1.807, 2.05) is 0 Å². The highest BCUT2D eigenvalue weighted by atomic mass is 19.4. The quantitative estimate of drug-likeness (QED) is 0.701. The van der Waals surface area contributed by atoms with Crippen molar-refractivity contribution in [2.24, 2.45) is 0 Å². The average Bonchev–Trinajstić information content (AvgIpc) is 2.70. The summed E-state index contributed by atoms with van der Waals surface area (Å²) in [5.74, 6) is -0.755. The number of likely N-dealkylation sites (tertiary alicyclic amines) is 1. The molecule has 3 rings (SSSR count). The first kappa shape index (κ1) is 22.8. The van der Waals surface area contributed by atoms with E-state index in [0.717, 1.165) is 16.2 Å². The molecule has 1 saturated heterocycles. The number of ether oxygens (including phenoxy) is 1. The fourth-order valence-electron chi connectivity index (χ4n) is 3.55. The molecule has 31 heavy (non-hydrogen) atoms. The molecule has 1 aliphatic rings. The number of pyridine rings is 1. The summed E-state index contributed by atoms with van der Waals surface area (Å²) in [5, 5.41) is 2.78. The van der Waals surface area contributed by atoms with Gasteiger partial charge >= 0.3 is 6.18 Å². The van der Waals surface area contributed by atoms with Crippen molar-refractivity contribution in [3.63, 3.8) is 0 Å². The lowest BCUT2D eigenvalue weighted by Gasteiger charge is -2.32. The fraction of sp³-hybridized carbons (Fsp3) is 0.429. The molecule has 2 heterocycles. The Morgan fingerprint density at radius 1 is 1.19 bits per heavy atom. The number of aromatic nitrogens is 1. The van der Waals surface area contributed by atoms with Gasteiger partial charge in [0.05, 0.1) is 12.7 Å². The molecular weight excluding hydrogens is 418 g/mol. The Morgan fingerprint density at radius 2 is 1.90 bits per heavy atom. The van der Waals surface area contributed by atoms with Gasteiger partial charge in [0.2, 0.25) is 5.91 Å². The molecular formula is C21H23F4N3O3. The number of rotatable bonds is 6. The van der Waals surface area contributed by atoms with Crippen LogP contribution in [0.15, 0.2) is 41.3 Å². The Balaban J connectivity index is 1.50. The molecule has 0 unspecified atom stereocenters. The summed E-state index contributed by atoms with van der Waals surface area (Å²) in [6, 6.07) is 6.16. The summed E-state index contributed by atoms with van der Waals surface area (Å²) in [6.07, 6.45) is -2.66. The molecule has 1 aromatic carbocycles. The van der Waals surface area contributed by atoms with Crippen LogP contribution in [0.4, 0.5) is 17.6 Å². The predicted molar refractivity (Wildman–Crippen MR) is 105 cm³/mol. The van der Waals surface area contributed by atoms with Gasteiger partial charge in [0.1, 0.15) is 6.54 Å². The summed E-state index contributed by atoms with van der Waals surface area (Å²) in [6.45, 7) is 1.42. The summed E-state index contributed by atoms with van der Waals surface area (Å²) in [4.78, 5) is 26.2. The number of alkyl halides is 3. The summed E-state index contributed by atoms with van der Waals surface area (Å²) >= 11 is 0. The molecule has 0 radical (unpaired) electrons. The van der Waals surface area contributed by atoms with Crippen molar-refractivity contribution >= 4 is 5.91 Å². The number of nitrogens with zero attached hydrogens (tertiary/aromatic N) is 2. The molecule has 1 N–H and O–H groups in total. The van der Waals surface area contributed by atoms with Crippen LogP contribution >= 0.6 is 0 Å². The van der Waals surface area contributed by atoms with E-state index in [0.29, 0.717) is 44.7 Å². The van der Waals surface area contributed by atoms with Crippen LogP contribution in [0.3, 0.4) is 0 Å². The Kier molecular flexibility index (Phi) is 6.99. The van der Waals surface area contributed by atoms with Crippen molar-refractivity contribution in [1.29, 1.82) is 0 Å². The Bertz CT molecular complexity index is 983. The van der Waals surface area contributed by atoms with Gasteiger partial charge in [0.25, 0.3) is 5.56 Å². The zero-order valence-corrected chi connectivity index (χ0v) is 16.9. The maximum Gasteiger partial charge on any atom is 0.417 e. The van der Waals surface area contributed by atoms with Gasteiger partial charge in [-0.05, 0) is 36.6 Å². The largest absolute Gasteiger partial charge is 0.494 e. The second-order valence-electron chi connectivity index (χ2n) is 7.47. The lowest BCUT2D eigenvalue weighted by Crippen LogP contribution is -2.45. The van der Waals surface area contributed by atoms with E-state index in [2.05, 4.69) is 10.2 Å². The van der Waals surface area contributed by atoms with Crippen LogP contribution in [0.2, 0.25) is 0 Å². The van der Waals surface area contributed by atoms with Crippen molar-refractivity contribution in [3.05, 3.63) is 63.8 Å². The van der Waals surface area contributed by atoms with Crippen molar-refractivity contribution < 1.29 is 27.1 Å². The number of carbonyl (C=O) groups excluding carboxylic acids is 1. The number of benzene rings is 1. The monoisotopic (exact) mass is 441 g/mol. The van der Waals surface area contributed by atoms with Crippen molar-refractivity contribution in [3.8, 4) is 5.75 Å². The van der Waals surface area contributed by atoms with Crippen LogP contribution in [0, 0.1) is 5.82 Å². The topological polar surface area (TPSA) is 63.6 Å². The number of hydrogen-bond acceptors (Lipinski definition) is 4. The van der Waals surface area contributed by atoms with E-state index >= 15 is 0 Å². The van der Waals surface area contributed by atoms with Gasteiger partial charge in [0, 0.05) is 37.9 Å². The van der Waals surface area contributed by atoms with Crippen LogP contribution in [-0.4, -0.2) is 41.6 Å². The molecule has 0 aliphatic carbocycles. The maximum atomic E-state index is 13.8. The predicted octanol–water partition coefficient (Wildman–Crippen LogP) is 2.80. The van der Waals surface area contributed by atoms with Crippen LogP contribution < -0.4 is 15.6 Å². The second-order valence-corrected chi connectivity index (χ2v) is 7.47. The molecule has 1 aliphatic heterocycles. The number of nitrogens with one attached hydrogen (secondary N) is 1. The van der Waals surface area contributed by atoms with Gasteiger partial charge in [0.15, 0.2) is 11.6 Å². The summed E-state index contributed by atoms with van der Waals surface area (Å²) in [7, 11) is 1.40. The van der Waals surface area contributed by atoms with Gasteiger partial charge in [-0.1, -0.05) is 6.07 Å². The first-order valence-corrected chi connectivity index (χ1v) is 9.77. The normalized spacial score (nSPS) is 15.6. The van der Waals surface area contributed by atoms with Crippen molar-refractivity contribution in [1.82, 2.24) is 14.8 Å². The minimum absolute atomic E-state index is 0.141. The van der Waals surface area contributed by atoms with Gasteiger partial charge < -0.3 is 14.6 Å². The van der Waals surface area contributed by atoms with Gasteiger partial charge in [-0.15, -0.1) is 0 Å². The van der Waals surface area contributed by atoms with Crippen LogP contribution in [0.1, 0.15) is 24.0 Å². The minimum Gasteiger partial charge on any atom is -0.494 e. The summed E-state index contributed by atoms with van der Waals surface area (Å²) in [5.41, 5.74) is -0.849. The number of carbonyl (C=O) groups is 1. The zero-order valence-electron chi connectivity index (χ0n) is 16.9. The van der Waals surface area contributed by atoms with E-state index in [9.17, 15) is 27.2 Å². The maximum absolute atomic E-state index is 13.8. The van der Waals surface area contributed by atoms with Crippen LogP contribution in [0.25, 0.3) is 0 Å². The summed E-state index contributed by atoms with van der Waals surface area (Å²) < 4.78 is 57.9. The van der Waals surface area contributed by atoms with Gasteiger partial charge in [-0.25, -0.2) is 4.39 Å². The first-order valence-electron chi connectivity index (χ1n) is 9.77. The molecule has 1 amide bonds. The Morgan fingerprint density at radius 3 is 2.52 bits per heavy atom. The molecule has 10 heteroatoms. The third kappa shape index (κ3) is 6.06. The van der Waals surface area contributed by atoms with Crippen molar-refractivity contribution in [2.45, 2.75) is 38.1 Å². The molecule has 1 fully saturated rings. The first-order chi connectivity index (χ1) is 14.7. The highest BCUT2D eigenvalue weighted by Gasteiger charge is 2.31. The van der Waals surface area contributed by atoms with E-state index in [-0.39, 0.29) is 11.8 Å². The fourth-order valence-corrected chi connectivity index (χ4v) is 3.55. The van der Waals surface area contributed by atoms with E-state index in [4.69, 9.17) is 4.74 Å². The Hall–Kier alpha value is -2.88. The highest BCUT2D eigenvalue weighted by molar-refractivity contribution is 5.76. The average molecular weight is 441 g/mol. The number of halogens is 4. The third-order valence-corrected chi connectivity index (χ3v) is 5.20. The molecule has 0 saturated carbocycles. The van der Waals surface area contributed by atoms with Gasteiger partial charge in [-0.2, -0.15) is 13.2 Å². The van der Waals surface area contributed by atoms with E-state index < -0.39 is 35.6 Å². The SMILES string of the molecule is COc1ccc(CN2CCC(NC(=O)Cn3cc(C(F)(F)F)ccc3=O)CC2)cc1F. The number of hydrogen-bond donors (Lipinski definition) is 1. The van der Waals surface area contributed by atoms with Crippen molar-refractivity contribution in [2.75, 3.05) is 20.2 Å². The number of piperidine rings is 1. The molecule has 2 aromatic rings. The smallest absolute Gasteiger partial charge is 0.417 e. The second kappa shape index (κ2) is 9.51. The number of amides is 1. The highest BCUT2D eigenvalue weighted by Crippen LogP contribution is 2.28. The molecule has 6 nitrogen and oxygen atoms in total. The number of methoxy groups -OCH3 is 1. The molecule has 0 atom stereocenters. The zero-order chi connectivity index (χ0) is 22.6. The Labute approximate surface area is 176 Å². The van der Waals surface area contributed by atoms with Crippen LogP contribution in [0.5, 0.6) is 5.75 Å². The molecule has 1 aromatic heterocycles. The van der Waals surface area contributed by atoms with E-state index in [1.54, 1.807) is 12.1 Å². The minimum atomic E-state index is -4.59. The van der Waals surface area contributed by atoms with Gasteiger partial charge in [-0.3, -0.25) is 14.5 Å².